The number of nitro groups is 1. The number of carbonyl (C=O) groups is 1. The van der Waals surface area contributed by atoms with Crippen molar-refractivity contribution in [2.45, 2.75) is 0 Å². The van der Waals surface area contributed by atoms with Crippen LogP contribution in [0.25, 0.3) is 0 Å². The summed E-state index contributed by atoms with van der Waals surface area (Å²) in [6.45, 7) is 0. The number of carbonyl (C=O) groups excluding carboxylic acids is 1. The minimum Gasteiger partial charge on any atom is -0.468 e. The first kappa shape index (κ1) is 17.4. The smallest absolute Gasteiger partial charge is 0.468 e. The maximum Gasteiger partial charge on any atom is 2.00 e. The van der Waals surface area contributed by atoms with Crippen LogP contribution in [0.5, 0.6) is 0 Å². The summed E-state index contributed by atoms with van der Waals surface area (Å²) in [6, 6.07) is -0.221. The van der Waals surface area contributed by atoms with Gasteiger partial charge in [-0.05, 0) is 44.9 Å². The Balaban J connectivity index is 0.000000405. The van der Waals surface area contributed by atoms with Crippen LogP contribution in [0, 0.1) is 73.4 Å². The van der Waals surface area contributed by atoms with Crippen LogP contribution < -0.4 is 0 Å². The Morgan fingerprint density at radius 2 is 1.61 bits per heavy atom. The van der Waals surface area contributed by atoms with Crippen molar-refractivity contribution < 1.29 is 31.5 Å². The predicted octanol–water partition coefficient (Wildman–Crippen LogP) is 1.19. The molecule has 0 atom stereocenters. The minimum absolute atomic E-state index is 0. The number of rotatable bonds is 2. The first-order chi connectivity index (χ1) is 8.16. The van der Waals surface area contributed by atoms with Crippen molar-refractivity contribution in [2.24, 2.45) is 0 Å². The molecule has 0 saturated heterocycles. The number of esters is 1. The summed E-state index contributed by atoms with van der Waals surface area (Å²) >= 11 is 0. The van der Waals surface area contributed by atoms with Gasteiger partial charge in [0.15, 0.2) is 5.92 Å². The van der Waals surface area contributed by atoms with E-state index in [4.69, 9.17) is 0 Å². The van der Waals surface area contributed by atoms with Crippen molar-refractivity contribution in [1.82, 2.24) is 0 Å². The van der Waals surface area contributed by atoms with E-state index >= 15 is 0 Å². The second kappa shape index (κ2) is 9.34. The SMILES string of the molecule is COC(=O)[C]1[CH][CH][CH][C]1[N+](=O)[O-].[CH]1[CH][CH][CH][CH]1.[Fe+2]. The van der Waals surface area contributed by atoms with Gasteiger partial charge >= 0.3 is 29.1 Å². The molecule has 0 bridgehead atoms. The summed E-state index contributed by atoms with van der Waals surface area (Å²) in [7, 11) is 1.18. The Labute approximate surface area is 118 Å². The van der Waals surface area contributed by atoms with Gasteiger partial charge in [-0.25, -0.2) is 0 Å². The monoisotopic (exact) mass is 289 g/mol. The van der Waals surface area contributed by atoms with Gasteiger partial charge in [-0.2, -0.15) is 0 Å². The predicted molar refractivity (Wildman–Crippen MR) is 59.9 cm³/mol. The van der Waals surface area contributed by atoms with E-state index in [0.717, 1.165) is 0 Å². The van der Waals surface area contributed by atoms with Gasteiger partial charge in [-0.15, -0.1) is 0 Å². The number of nitrogens with zero attached hydrogens (tertiary/aromatic N) is 1. The number of methoxy groups -OCH3 is 1. The van der Waals surface area contributed by atoms with E-state index in [-0.39, 0.29) is 29.0 Å². The third kappa shape index (κ3) is 5.36. The zero-order valence-corrected chi connectivity index (χ0v) is 10.7. The van der Waals surface area contributed by atoms with Crippen molar-refractivity contribution in [2.75, 3.05) is 7.11 Å². The Morgan fingerprint density at radius 1 is 1.11 bits per heavy atom. The van der Waals surface area contributed by atoms with E-state index in [1.165, 1.54) is 26.4 Å². The molecule has 0 spiro atoms. The minimum atomic E-state index is -0.688. The Kier molecular flexibility index (Phi) is 9.02. The Morgan fingerprint density at radius 3 is 2.00 bits per heavy atom. The Hall–Kier alpha value is -0.611. The molecule has 0 aromatic carbocycles. The third-order valence-electron chi connectivity index (χ3n) is 1.95. The van der Waals surface area contributed by atoms with E-state index in [1.807, 2.05) is 32.1 Å². The molecular weight excluding hydrogens is 278 g/mol. The van der Waals surface area contributed by atoms with Gasteiger partial charge < -0.3 is 4.74 Å². The van der Waals surface area contributed by atoms with Crippen molar-refractivity contribution >= 4 is 5.97 Å². The molecule has 2 rings (SSSR count). The van der Waals surface area contributed by atoms with Crippen LogP contribution >= 0.6 is 0 Å². The van der Waals surface area contributed by atoms with Crippen molar-refractivity contribution in [3.05, 3.63) is 73.4 Å². The summed E-state index contributed by atoms with van der Waals surface area (Å²) < 4.78 is 4.34. The standard InChI is InChI=1S/C7H6NO4.C5H5.Fe/c1-12-7(9)5-3-2-4-6(5)8(10)11;1-2-4-5-3-1;/h2-4H,1H3;1-5H;/q;;+2. The normalized spacial score (nSPS) is 19.6. The van der Waals surface area contributed by atoms with Gasteiger partial charge in [0.2, 0.25) is 0 Å². The molecule has 2 aliphatic rings. The summed E-state index contributed by atoms with van der Waals surface area (Å²) in [5, 5.41) is 10.3. The summed E-state index contributed by atoms with van der Waals surface area (Å²) in [4.78, 5) is 20.6. The zero-order valence-electron chi connectivity index (χ0n) is 9.55. The average molecular weight is 289 g/mol. The molecule has 2 aliphatic carbocycles. The summed E-state index contributed by atoms with van der Waals surface area (Å²) in [5.74, 6) is -0.700. The van der Waals surface area contributed by atoms with Crippen molar-refractivity contribution in [1.29, 1.82) is 0 Å². The van der Waals surface area contributed by atoms with Crippen LogP contribution in [0.1, 0.15) is 0 Å². The van der Waals surface area contributed by atoms with Crippen LogP contribution in [0.4, 0.5) is 0 Å². The third-order valence-corrected chi connectivity index (χ3v) is 1.95. The zero-order chi connectivity index (χ0) is 12.7. The van der Waals surface area contributed by atoms with E-state index < -0.39 is 10.9 Å². The second-order valence-corrected chi connectivity index (χ2v) is 3.04. The molecule has 2 fully saturated rings. The van der Waals surface area contributed by atoms with Gasteiger partial charge in [0.1, 0.15) is 0 Å². The first-order valence-electron chi connectivity index (χ1n) is 4.82. The molecule has 10 radical (unpaired) electrons. The van der Waals surface area contributed by atoms with E-state index in [0.29, 0.717) is 0 Å². The van der Waals surface area contributed by atoms with Crippen LogP contribution in [-0.4, -0.2) is 18.0 Å². The molecule has 0 aliphatic heterocycles. The van der Waals surface area contributed by atoms with E-state index in [1.54, 1.807) is 0 Å². The average Bonchev–Trinajstić information content (AvgIpc) is 3.00. The Bertz CT molecular complexity index is 261. The first-order valence-corrected chi connectivity index (χ1v) is 4.82. The van der Waals surface area contributed by atoms with Crippen molar-refractivity contribution in [3.8, 4) is 0 Å². The van der Waals surface area contributed by atoms with E-state index in [9.17, 15) is 14.9 Å². The fourth-order valence-electron chi connectivity index (χ4n) is 1.17. The van der Waals surface area contributed by atoms with E-state index in [2.05, 4.69) is 4.74 Å². The van der Waals surface area contributed by atoms with Gasteiger partial charge in [0, 0.05) is 4.92 Å². The van der Waals surface area contributed by atoms with Gasteiger partial charge in [0.05, 0.1) is 13.5 Å². The maximum absolute atomic E-state index is 10.9. The van der Waals surface area contributed by atoms with Gasteiger partial charge in [0.25, 0.3) is 0 Å². The molecule has 6 heteroatoms. The van der Waals surface area contributed by atoms with Crippen LogP contribution in [0.2, 0.25) is 0 Å². The van der Waals surface area contributed by atoms with Crippen LogP contribution in [0.3, 0.4) is 0 Å². The second-order valence-electron chi connectivity index (χ2n) is 3.04. The number of hydrogen-bond donors (Lipinski definition) is 0. The molecule has 0 amide bonds. The topological polar surface area (TPSA) is 69.4 Å². The molecule has 94 valence electrons. The fourth-order valence-corrected chi connectivity index (χ4v) is 1.17. The van der Waals surface area contributed by atoms with Crippen LogP contribution in [0.15, 0.2) is 0 Å². The van der Waals surface area contributed by atoms with Crippen LogP contribution in [-0.2, 0) is 26.6 Å². The number of hydrogen-bond acceptors (Lipinski definition) is 4. The maximum atomic E-state index is 10.9. The summed E-state index contributed by atoms with van der Waals surface area (Å²) in [5.41, 5.74) is 0. The molecule has 2 saturated carbocycles. The fraction of sp³-hybridized carbons (Fsp3) is 0.0833. The van der Waals surface area contributed by atoms with Gasteiger partial charge in [-0.1, -0.05) is 0 Å². The largest absolute Gasteiger partial charge is 2.00 e. The molecule has 18 heavy (non-hydrogen) atoms. The quantitative estimate of drug-likeness (QED) is 0.331. The molecular formula is C12H11FeNO4+2. The molecule has 0 unspecified atom stereocenters. The molecule has 0 N–H and O–H groups in total. The molecule has 5 nitrogen and oxygen atoms in total. The molecule has 0 aromatic heterocycles. The number of ether oxygens (including phenoxy) is 1. The molecule has 0 heterocycles. The van der Waals surface area contributed by atoms with Gasteiger partial charge in [-0.3, -0.25) is 14.9 Å². The van der Waals surface area contributed by atoms with Crippen molar-refractivity contribution in [3.63, 3.8) is 0 Å². The molecule has 0 aromatic rings. The summed E-state index contributed by atoms with van der Waals surface area (Å²) in [6.07, 6.45) is 14.0.